The van der Waals surface area contributed by atoms with Crippen LogP contribution in [0.3, 0.4) is 0 Å². The monoisotopic (exact) mass is 336 g/mol. The molecule has 0 radical (unpaired) electrons. The molecule has 2 fully saturated rings. The molecule has 1 aliphatic carbocycles. The van der Waals surface area contributed by atoms with Gasteiger partial charge < -0.3 is 14.5 Å². The molecule has 1 heterocycles. The largest absolute Gasteiger partial charge is 0.444 e. The van der Waals surface area contributed by atoms with Crippen LogP contribution in [0.5, 0.6) is 0 Å². The van der Waals surface area contributed by atoms with Crippen LogP contribution in [0.4, 0.5) is 4.79 Å². The Bertz CT molecular complexity index is 513. The molecule has 5 heteroatoms. The summed E-state index contributed by atoms with van der Waals surface area (Å²) in [7, 11) is 0. The van der Waals surface area contributed by atoms with Gasteiger partial charge in [0.1, 0.15) is 5.60 Å². The molecule has 1 spiro atoms. The van der Waals surface area contributed by atoms with Gasteiger partial charge in [-0.25, -0.2) is 4.79 Å². The van der Waals surface area contributed by atoms with Crippen LogP contribution in [-0.4, -0.2) is 53.6 Å². The summed E-state index contributed by atoms with van der Waals surface area (Å²) in [5.74, 6) is 0.379. The summed E-state index contributed by atoms with van der Waals surface area (Å²) >= 11 is 0. The molecule has 24 heavy (non-hydrogen) atoms. The van der Waals surface area contributed by atoms with E-state index in [1.165, 1.54) is 0 Å². The lowest BCUT2D eigenvalue weighted by atomic mass is 9.90. The van der Waals surface area contributed by atoms with Gasteiger partial charge in [0.25, 0.3) is 0 Å². The van der Waals surface area contributed by atoms with Gasteiger partial charge in [0.2, 0.25) is 5.91 Å². The Balaban J connectivity index is 1.88. The molecule has 5 nitrogen and oxygen atoms in total. The molecule has 1 aliphatic heterocycles. The van der Waals surface area contributed by atoms with Crippen molar-refractivity contribution in [3.8, 4) is 0 Å². The van der Waals surface area contributed by atoms with Crippen molar-refractivity contribution in [2.24, 2.45) is 11.3 Å². The lowest BCUT2D eigenvalue weighted by Crippen LogP contribution is -2.43. The third kappa shape index (κ3) is 4.31. The van der Waals surface area contributed by atoms with E-state index in [1.54, 1.807) is 4.90 Å². The summed E-state index contributed by atoms with van der Waals surface area (Å²) in [5.41, 5.74) is 0.659. The quantitative estimate of drug-likeness (QED) is 0.739. The van der Waals surface area contributed by atoms with Crippen LogP contribution in [0.25, 0.3) is 0 Å². The number of hydrogen-bond acceptors (Lipinski definition) is 3. The van der Waals surface area contributed by atoms with Crippen molar-refractivity contribution in [2.75, 3.05) is 26.2 Å². The molecule has 0 aromatic rings. The number of amides is 2. The Labute approximate surface area is 146 Å². The number of piperidine rings is 1. The molecule has 2 rings (SSSR count). The summed E-state index contributed by atoms with van der Waals surface area (Å²) in [5, 5.41) is 0. The highest BCUT2D eigenvalue weighted by Crippen LogP contribution is 2.60. The summed E-state index contributed by atoms with van der Waals surface area (Å²) < 4.78 is 5.44. The maximum atomic E-state index is 12.7. The van der Waals surface area contributed by atoms with E-state index in [2.05, 4.69) is 6.58 Å². The molecule has 0 unspecified atom stereocenters. The van der Waals surface area contributed by atoms with Gasteiger partial charge in [0.05, 0.1) is 0 Å². The topological polar surface area (TPSA) is 49.9 Å². The molecule has 0 bridgehead atoms. The van der Waals surface area contributed by atoms with E-state index in [4.69, 9.17) is 4.74 Å². The average Bonchev–Trinajstić information content (AvgIpc) is 3.16. The van der Waals surface area contributed by atoms with Gasteiger partial charge in [-0.2, -0.15) is 0 Å². The standard InChI is InChI=1S/C19H32N2O3/c1-7-20(13-14(2)3)16(22)15-12-19(15)8-10-21(11-9-19)17(23)24-18(4,5)6/h15H,2,7-13H2,1,3-6H3/t15-/m1/s1. The number of likely N-dealkylation sites (N-methyl/N-ethyl adjacent to an activating group) is 1. The predicted molar refractivity (Wildman–Crippen MR) is 94.6 cm³/mol. The van der Waals surface area contributed by atoms with E-state index in [-0.39, 0.29) is 23.3 Å². The van der Waals surface area contributed by atoms with Gasteiger partial charge in [-0.05, 0) is 59.3 Å². The van der Waals surface area contributed by atoms with Gasteiger partial charge in [-0.15, -0.1) is 0 Å². The minimum absolute atomic E-state index is 0.109. The first-order valence-electron chi connectivity index (χ1n) is 8.99. The van der Waals surface area contributed by atoms with Crippen molar-refractivity contribution < 1.29 is 14.3 Å². The molecule has 136 valence electrons. The van der Waals surface area contributed by atoms with Crippen molar-refractivity contribution in [1.29, 1.82) is 0 Å². The van der Waals surface area contributed by atoms with E-state index in [0.29, 0.717) is 19.6 Å². The highest BCUT2D eigenvalue weighted by Gasteiger charge is 2.59. The minimum Gasteiger partial charge on any atom is -0.444 e. The lowest BCUT2D eigenvalue weighted by Gasteiger charge is -2.34. The van der Waals surface area contributed by atoms with Crippen LogP contribution >= 0.6 is 0 Å². The molecule has 0 N–H and O–H groups in total. The first kappa shape index (κ1) is 18.8. The molecular weight excluding hydrogens is 304 g/mol. The Morgan fingerprint density at radius 2 is 1.88 bits per heavy atom. The molecule has 1 atom stereocenters. The molecule has 1 saturated heterocycles. The highest BCUT2D eigenvalue weighted by atomic mass is 16.6. The molecule has 2 amide bonds. The Morgan fingerprint density at radius 3 is 2.33 bits per heavy atom. The third-order valence-electron chi connectivity index (χ3n) is 5.05. The van der Waals surface area contributed by atoms with Gasteiger partial charge in [-0.3, -0.25) is 4.79 Å². The molecule has 1 saturated carbocycles. The SMILES string of the molecule is C=C(C)CN(CC)C(=O)[C@H]1CC12CCN(C(=O)OC(C)(C)C)CC2. The van der Waals surface area contributed by atoms with Crippen molar-refractivity contribution in [3.05, 3.63) is 12.2 Å². The summed E-state index contributed by atoms with van der Waals surface area (Å²) in [6, 6.07) is 0. The van der Waals surface area contributed by atoms with Crippen LogP contribution < -0.4 is 0 Å². The maximum absolute atomic E-state index is 12.7. The van der Waals surface area contributed by atoms with Gasteiger partial charge in [0.15, 0.2) is 0 Å². The van der Waals surface area contributed by atoms with Crippen LogP contribution in [-0.2, 0) is 9.53 Å². The number of hydrogen-bond donors (Lipinski definition) is 0. The van der Waals surface area contributed by atoms with E-state index < -0.39 is 5.60 Å². The van der Waals surface area contributed by atoms with Crippen molar-refractivity contribution in [3.63, 3.8) is 0 Å². The van der Waals surface area contributed by atoms with Gasteiger partial charge in [0, 0.05) is 32.1 Å². The van der Waals surface area contributed by atoms with Crippen molar-refractivity contribution in [1.82, 2.24) is 9.80 Å². The number of nitrogens with zero attached hydrogens (tertiary/aromatic N) is 2. The second kappa shape index (κ2) is 6.77. The zero-order chi connectivity index (χ0) is 18.1. The van der Waals surface area contributed by atoms with Crippen LogP contribution in [0.2, 0.25) is 0 Å². The van der Waals surface area contributed by atoms with Crippen molar-refractivity contribution >= 4 is 12.0 Å². The normalized spacial score (nSPS) is 22.2. The molecule has 0 aromatic carbocycles. The fraction of sp³-hybridized carbons (Fsp3) is 0.789. The van der Waals surface area contributed by atoms with E-state index >= 15 is 0 Å². The molecular formula is C19H32N2O3. The average molecular weight is 336 g/mol. The predicted octanol–water partition coefficient (Wildman–Crippen LogP) is 3.45. The smallest absolute Gasteiger partial charge is 0.410 e. The Kier molecular flexibility index (Phi) is 5.31. The number of carbonyl (C=O) groups is 2. The fourth-order valence-corrected chi connectivity index (χ4v) is 3.60. The number of carbonyl (C=O) groups excluding carboxylic acids is 2. The van der Waals surface area contributed by atoms with E-state index in [9.17, 15) is 9.59 Å². The maximum Gasteiger partial charge on any atom is 0.410 e. The fourth-order valence-electron chi connectivity index (χ4n) is 3.60. The van der Waals surface area contributed by atoms with E-state index in [1.807, 2.05) is 39.5 Å². The number of ether oxygens (including phenoxy) is 1. The van der Waals surface area contributed by atoms with Crippen LogP contribution in [0.15, 0.2) is 12.2 Å². The minimum atomic E-state index is -0.464. The highest BCUT2D eigenvalue weighted by molar-refractivity contribution is 5.83. The summed E-state index contributed by atoms with van der Waals surface area (Å²) in [6.07, 6.45) is 2.51. The first-order valence-corrected chi connectivity index (χ1v) is 8.99. The Hall–Kier alpha value is -1.52. The van der Waals surface area contributed by atoms with Crippen LogP contribution in [0, 0.1) is 11.3 Å². The number of rotatable bonds is 4. The molecule has 0 aromatic heterocycles. The van der Waals surface area contributed by atoms with Gasteiger partial charge >= 0.3 is 6.09 Å². The first-order chi connectivity index (χ1) is 11.1. The zero-order valence-corrected chi connectivity index (χ0v) is 15.9. The molecule has 2 aliphatic rings. The number of likely N-dealkylation sites (tertiary alicyclic amines) is 1. The van der Waals surface area contributed by atoms with Crippen molar-refractivity contribution in [2.45, 2.75) is 59.5 Å². The summed E-state index contributed by atoms with van der Waals surface area (Å²) in [4.78, 5) is 28.6. The van der Waals surface area contributed by atoms with E-state index in [0.717, 1.165) is 31.4 Å². The third-order valence-corrected chi connectivity index (χ3v) is 5.05. The Morgan fingerprint density at radius 1 is 1.29 bits per heavy atom. The lowest BCUT2D eigenvalue weighted by molar-refractivity contribution is -0.133. The van der Waals surface area contributed by atoms with Gasteiger partial charge in [-0.1, -0.05) is 12.2 Å². The second-order valence-electron chi connectivity index (χ2n) is 8.40. The zero-order valence-electron chi connectivity index (χ0n) is 15.9. The van der Waals surface area contributed by atoms with Crippen LogP contribution in [0.1, 0.15) is 53.9 Å². The summed E-state index contributed by atoms with van der Waals surface area (Å²) in [6.45, 7) is 16.3. The second-order valence-corrected chi connectivity index (χ2v) is 8.40.